The molecule has 0 radical (unpaired) electrons. The van der Waals surface area contributed by atoms with Crippen LogP contribution in [0, 0.1) is 11.8 Å². The predicted molar refractivity (Wildman–Crippen MR) is 73.7 cm³/mol. The highest BCUT2D eigenvalue weighted by Gasteiger charge is 2.30. The van der Waals surface area contributed by atoms with E-state index in [4.69, 9.17) is 5.73 Å². The minimum atomic E-state index is -0.281. The van der Waals surface area contributed by atoms with Crippen LogP contribution in [-0.2, 0) is 4.79 Å². The highest BCUT2D eigenvalue weighted by Crippen LogP contribution is 2.18. The molecule has 0 spiro atoms. The molecule has 0 heterocycles. The molecule has 0 saturated carbocycles. The highest BCUT2D eigenvalue weighted by atomic mass is 16.2. The second-order valence-corrected chi connectivity index (χ2v) is 5.51. The Kier molecular flexibility index (Phi) is 7.44. The van der Waals surface area contributed by atoms with Gasteiger partial charge in [-0.1, -0.05) is 40.5 Å². The topological polar surface area (TPSA) is 55.1 Å². The van der Waals surface area contributed by atoms with Crippen LogP contribution in [0.25, 0.3) is 0 Å². The molecule has 0 aliphatic carbocycles. The van der Waals surface area contributed by atoms with Crippen molar-refractivity contribution in [2.75, 3.05) is 6.54 Å². The van der Waals surface area contributed by atoms with Crippen LogP contribution in [0.4, 0.5) is 0 Å². The van der Waals surface area contributed by atoms with Gasteiger partial charge in [-0.3, -0.25) is 4.79 Å². The van der Waals surface area contributed by atoms with Crippen LogP contribution in [0.15, 0.2) is 0 Å². The Balaban J connectivity index is 4.47. The largest absolute Gasteiger partial charge is 0.349 e. The lowest BCUT2D eigenvalue weighted by Crippen LogP contribution is -2.56. The molecule has 3 nitrogen and oxygen atoms in total. The Morgan fingerprint density at radius 2 is 1.94 bits per heavy atom. The first-order valence-electron chi connectivity index (χ1n) is 6.93. The molecular formula is C14H30N2O. The molecule has 2 unspecified atom stereocenters. The van der Waals surface area contributed by atoms with Gasteiger partial charge in [0.25, 0.3) is 0 Å². The summed E-state index contributed by atoms with van der Waals surface area (Å²) in [4.78, 5) is 12.2. The van der Waals surface area contributed by atoms with Crippen molar-refractivity contribution in [2.45, 2.75) is 65.8 Å². The highest BCUT2D eigenvalue weighted by molar-refractivity contribution is 5.79. The van der Waals surface area contributed by atoms with Crippen molar-refractivity contribution in [2.24, 2.45) is 17.6 Å². The summed E-state index contributed by atoms with van der Waals surface area (Å²) in [7, 11) is 0. The first kappa shape index (κ1) is 16.4. The summed E-state index contributed by atoms with van der Waals surface area (Å²) in [5, 5.41) is 3.14. The van der Waals surface area contributed by atoms with Crippen molar-refractivity contribution < 1.29 is 4.79 Å². The molecule has 2 atom stereocenters. The fourth-order valence-corrected chi connectivity index (χ4v) is 1.79. The normalized spacial score (nSPS) is 16.6. The SMILES string of the molecule is CCCCC(CC)C(=O)NC(C)(CN)C(C)C. The van der Waals surface area contributed by atoms with E-state index in [-0.39, 0.29) is 17.4 Å². The number of rotatable bonds is 8. The third-order valence-corrected chi connectivity index (χ3v) is 3.88. The van der Waals surface area contributed by atoms with Crippen molar-refractivity contribution in [3.8, 4) is 0 Å². The lowest BCUT2D eigenvalue weighted by atomic mass is 9.87. The molecule has 0 aliphatic rings. The Bertz CT molecular complexity index is 228. The van der Waals surface area contributed by atoms with E-state index < -0.39 is 0 Å². The fourth-order valence-electron chi connectivity index (χ4n) is 1.79. The molecule has 0 aromatic rings. The number of carbonyl (C=O) groups excluding carboxylic acids is 1. The zero-order valence-corrected chi connectivity index (χ0v) is 12.2. The van der Waals surface area contributed by atoms with Crippen molar-refractivity contribution in [1.29, 1.82) is 0 Å². The lowest BCUT2D eigenvalue weighted by Gasteiger charge is -2.35. The summed E-state index contributed by atoms with van der Waals surface area (Å²) in [6.45, 7) is 10.9. The molecule has 0 bridgehead atoms. The predicted octanol–water partition coefficient (Wildman–Crippen LogP) is 2.69. The first-order chi connectivity index (χ1) is 7.91. The average molecular weight is 242 g/mol. The van der Waals surface area contributed by atoms with E-state index in [1.54, 1.807) is 0 Å². The third kappa shape index (κ3) is 5.07. The smallest absolute Gasteiger partial charge is 0.223 e. The van der Waals surface area contributed by atoms with Crippen molar-refractivity contribution in [3.63, 3.8) is 0 Å². The summed E-state index contributed by atoms with van der Waals surface area (Å²) in [5.41, 5.74) is 5.50. The van der Waals surface area contributed by atoms with E-state index >= 15 is 0 Å². The molecular weight excluding hydrogens is 212 g/mol. The quantitative estimate of drug-likeness (QED) is 0.687. The zero-order valence-electron chi connectivity index (χ0n) is 12.2. The third-order valence-electron chi connectivity index (χ3n) is 3.88. The van der Waals surface area contributed by atoms with Gasteiger partial charge >= 0.3 is 0 Å². The maximum Gasteiger partial charge on any atom is 0.223 e. The summed E-state index contributed by atoms with van der Waals surface area (Å²) in [5.74, 6) is 0.655. The van der Waals surface area contributed by atoms with Crippen LogP contribution >= 0.6 is 0 Å². The summed E-state index contributed by atoms with van der Waals surface area (Å²) < 4.78 is 0. The van der Waals surface area contributed by atoms with Gasteiger partial charge in [0.1, 0.15) is 0 Å². The molecule has 3 N–H and O–H groups in total. The van der Waals surface area contributed by atoms with Gasteiger partial charge in [0.2, 0.25) is 5.91 Å². The number of nitrogens with two attached hydrogens (primary N) is 1. The van der Waals surface area contributed by atoms with Crippen LogP contribution in [-0.4, -0.2) is 18.0 Å². The molecule has 102 valence electrons. The standard InChI is InChI=1S/C14H30N2O/c1-6-8-9-12(7-2)13(17)16-14(5,10-15)11(3)4/h11-12H,6-10,15H2,1-5H3,(H,16,17). The van der Waals surface area contributed by atoms with Crippen molar-refractivity contribution >= 4 is 5.91 Å². The van der Waals surface area contributed by atoms with Gasteiger partial charge < -0.3 is 11.1 Å². The minimum Gasteiger partial charge on any atom is -0.349 e. The summed E-state index contributed by atoms with van der Waals surface area (Å²) in [6, 6.07) is 0. The molecule has 1 amide bonds. The summed E-state index contributed by atoms with van der Waals surface area (Å²) >= 11 is 0. The second kappa shape index (κ2) is 7.70. The van der Waals surface area contributed by atoms with E-state index in [0.29, 0.717) is 12.5 Å². The molecule has 0 rings (SSSR count). The Morgan fingerprint density at radius 1 is 1.35 bits per heavy atom. The zero-order chi connectivity index (χ0) is 13.5. The first-order valence-corrected chi connectivity index (χ1v) is 6.93. The van der Waals surface area contributed by atoms with Crippen LogP contribution in [0.5, 0.6) is 0 Å². The van der Waals surface area contributed by atoms with E-state index in [1.165, 1.54) is 0 Å². The second-order valence-electron chi connectivity index (χ2n) is 5.51. The number of unbranched alkanes of at least 4 members (excludes halogenated alkanes) is 1. The van der Waals surface area contributed by atoms with Gasteiger partial charge in [-0.05, 0) is 25.7 Å². The fraction of sp³-hybridized carbons (Fsp3) is 0.929. The van der Waals surface area contributed by atoms with E-state index in [9.17, 15) is 4.79 Å². The number of amides is 1. The van der Waals surface area contributed by atoms with Gasteiger partial charge in [-0.25, -0.2) is 0 Å². The molecule has 0 fully saturated rings. The molecule has 17 heavy (non-hydrogen) atoms. The average Bonchev–Trinajstić information content (AvgIpc) is 2.29. The van der Waals surface area contributed by atoms with E-state index in [0.717, 1.165) is 25.7 Å². The van der Waals surface area contributed by atoms with Crippen LogP contribution < -0.4 is 11.1 Å². The van der Waals surface area contributed by atoms with Gasteiger partial charge in [0.05, 0.1) is 5.54 Å². The van der Waals surface area contributed by atoms with E-state index in [1.807, 2.05) is 6.92 Å². The Labute approximate surface area is 107 Å². The molecule has 0 aromatic heterocycles. The van der Waals surface area contributed by atoms with Gasteiger partial charge in [0, 0.05) is 12.5 Å². The maximum atomic E-state index is 12.2. The number of hydrogen-bond donors (Lipinski definition) is 2. The van der Waals surface area contributed by atoms with Crippen LogP contribution in [0.2, 0.25) is 0 Å². The Hall–Kier alpha value is -0.570. The minimum absolute atomic E-state index is 0.138. The van der Waals surface area contributed by atoms with E-state index in [2.05, 4.69) is 33.0 Å². The van der Waals surface area contributed by atoms with Crippen molar-refractivity contribution in [1.82, 2.24) is 5.32 Å². The number of nitrogens with one attached hydrogen (secondary N) is 1. The number of carbonyl (C=O) groups is 1. The molecule has 0 aromatic carbocycles. The van der Waals surface area contributed by atoms with Gasteiger partial charge in [-0.2, -0.15) is 0 Å². The van der Waals surface area contributed by atoms with Crippen LogP contribution in [0.1, 0.15) is 60.3 Å². The number of hydrogen-bond acceptors (Lipinski definition) is 2. The molecule has 0 saturated heterocycles. The van der Waals surface area contributed by atoms with Crippen LogP contribution in [0.3, 0.4) is 0 Å². The Morgan fingerprint density at radius 3 is 2.29 bits per heavy atom. The van der Waals surface area contributed by atoms with Gasteiger partial charge in [-0.15, -0.1) is 0 Å². The maximum absolute atomic E-state index is 12.2. The van der Waals surface area contributed by atoms with Gasteiger partial charge in [0.15, 0.2) is 0 Å². The molecule has 0 aliphatic heterocycles. The molecule has 3 heteroatoms. The monoisotopic (exact) mass is 242 g/mol. The van der Waals surface area contributed by atoms with Crippen molar-refractivity contribution in [3.05, 3.63) is 0 Å². The summed E-state index contributed by atoms with van der Waals surface area (Å²) in [6.07, 6.45) is 4.15. The lowest BCUT2D eigenvalue weighted by molar-refractivity contribution is -0.127.